The average molecular weight is 191 g/mol. The smallest absolute Gasteiger partial charge is 0.144 e. The van der Waals surface area contributed by atoms with Gasteiger partial charge in [-0.05, 0) is 32.1 Å². The summed E-state index contributed by atoms with van der Waals surface area (Å²) in [6.45, 7) is 7.30. The van der Waals surface area contributed by atoms with E-state index in [1.807, 2.05) is 20.0 Å². The largest absolute Gasteiger partial charge is 0.368 e. The summed E-state index contributed by atoms with van der Waals surface area (Å²) in [5, 5.41) is 3.33. The van der Waals surface area contributed by atoms with Gasteiger partial charge in [0.25, 0.3) is 0 Å². The van der Waals surface area contributed by atoms with Crippen LogP contribution in [0, 0.1) is 25.7 Å². The first-order chi connectivity index (χ1) is 6.66. The van der Waals surface area contributed by atoms with Crippen molar-refractivity contribution in [2.45, 2.75) is 27.2 Å². The van der Waals surface area contributed by atoms with Crippen LogP contribution in [0.25, 0.3) is 0 Å². The third-order valence-electron chi connectivity index (χ3n) is 3.01. The first-order valence-corrected chi connectivity index (χ1v) is 5.21. The average Bonchev–Trinajstić information content (AvgIpc) is 2.85. The van der Waals surface area contributed by atoms with E-state index in [4.69, 9.17) is 0 Å². The van der Waals surface area contributed by atoms with Gasteiger partial charge in [0.2, 0.25) is 0 Å². The molecule has 0 spiro atoms. The molecule has 76 valence electrons. The lowest BCUT2D eigenvalue weighted by molar-refractivity contribution is 0.783. The minimum absolute atomic E-state index is 0.846. The van der Waals surface area contributed by atoms with Crippen LogP contribution < -0.4 is 5.32 Å². The summed E-state index contributed by atoms with van der Waals surface area (Å²) < 4.78 is 0. The van der Waals surface area contributed by atoms with E-state index in [1.165, 1.54) is 6.42 Å². The number of aromatic nitrogens is 2. The van der Waals surface area contributed by atoms with Crippen LogP contribution in [0.4, 0.5) is 5.82 Å². The molecule has 0 bridgehead atoms. The van der Waals surface area contributed by atoms with E-state index in [2.05, 4.69) is 22.2 Å². The van der Waals surface area contributed by atoms with Crippen molar-refractivity contribution in [2.24, 2.45) is 11.8 Å². The van der Waals surface area contributed by atoms with E-state index in [9.17, 15) is 0 Å². The molecule has 1 aromatic heterocycles. The fourth-order valence-electron chi connectivity index (χ4n) is 1.55. The normalized spacial score (nSPS) is 24.8. The number of hydrogen-bond acceptors (Lipinski definition) is 3. The summed E-state index contributed by atoms with van der Waals surface area (Å²) in [6.07, 6.45) is 3.17. The van der Waals surface area contributed by atoms with Crippen molar-refractivity contribution in [1.29, 1.82) is 0 Å². The first kappa shape index (κ1) is 9.44. The molecule has 0 aliphatic heterocycles. The topological polar surface area (TPSA) is 37.8 Å². The number of anilines is 1. The molecule has 0 radical (unpaired) electrons. The molecule has 3 nitrogen and oxygen atoms in total. The van der Waals surface area contributed by atoms with Crippen molar-refractivity contribution < 1.29 is 0 Å². The predicted octanol–water partition coefficient (Wildman–Crippen LogP) is 2.16. The van der Waals surface area contributed by atoms with Gasteiger partial charge in [0, 0.05) is 6.54 Å². The minimum Gasteiger partial charge on any atom is -0.368 e. The van der Waals surface area contributed by atoms with Gasteiger partial charge in [-0.3, -0.25) is 4.98 Å². The van der Waals surface area contributed by atoms with Gasteiger partial charge in [-0.2, -0.15) is 0 Å². The molecule has 1 fully saturated rings. The van der Waals surface area contributed by atoms with Crippen LogP contribution in [0.3, 0.4) is 0 Å². The van der Waals surface area contributed by atoms with Crippen molar-refractivity contribution in [2.75, 3.05) is 11.9 Å². The van der Waals surface area contributed by atoms with E-state index in [0.29, 0.717) is 0 Å². The Bertz CT molecular complexity index is 335. The highest BCUT2D eigenvalue weighted by Gasteiger charge is 2.31. The highest BCUT2D eigenvalue weighted by atomic mass is 15.0. The monoisotopic (exact) mass is 191 g/mol. The van der Waals surface area contributed by atoms with E-state index in [-0.39, 0.29) is 0 Å². The Labute approximate surface area is 85.0 Å². The number of nitrogens with one attached hydrogen (secondary N) is 1. The standard InChI is InChI=1S/C11H17N3/c1-7-4-10(7)5-13-11-6-12-8(2)9(3)14-11/h6-7,10H,4-5H2,1-3H3,(H,13,14). The Morgan fingerprint density at radius 1 is 1.43 bits per heavy atom. The van der Waals surface area contributed by atoms with Gasteiger partial charge >= 0.3 is 0 Å². The maximum absolute atomic E-state index is 4.42. The molecule has 2 rings (SSSR count). The molecular formula is C11H17N3. The zero-order valence-corrected chi connectivity index (χ0v) is 9.04. The SMILES string of the molecule is Cc1ncc(NCC2CC2C)nc1C. The summed E-state index contributed by atoms with van der Waals surface area (Å²) >= 11 is 0. The summed E-state index contributed by atoms with van der Waals surface area (Å²) in [6, 6.07) is 0. The summed E-state index contributed by atoms with van der Waals surface area (Å²) in [5.74, 6) is 2.65. The third-order valence-corrected chi connectivity index (χ3v) is 3.01. The fraction of sp³-hybridized carbons (Fsp3) is 0.636. The van der Waals surface area contributed by atoms with Gasteiger partial charge in [0.1, 0.15) is 5.82 Å². The Hall–Kier alpha value is -1.12. The Morgan fingerprint density at radius 3 is 2.71 bits per heavy atom. The minimum atomic E-state index is 0.846. The molecule has 2 unspecified atom stereocenters. The molecular weight excluding hydrogens is 174 g/mol. The van der Waals surface area contributed by atoms with Gasteiger partial charge in [-0.1, -0.05) is 6.92 Å². The molecule has 0 saturated heterocycles. The molecule has 1 aliphatic rings. The van der Waals surface area contributed by atoms with Crippen molar-refractivity contribution in [3.8, 4) is 0 Å². The second-order valence-electron chi connectivity index (χ2n) is 4.28. The van der Waals surface area contributed by atoms with Crippen molar-refractivity contribution in [3.63, 3.8) is 0 Å². The van der Waals surface area contributed by atoms with E-state index < -0.39 is 0 Å². The van der Waals surface area contributed by atoms with Crippen LogP contribution in [0.5, 0.6) is 0 Å². The molecule has 0 aromatic carbocycles. The molecule has 1 aromatic rings. The molecule has 1 heterocycles. The molecule has 2 atom stereocenters. The van der Waals surface area contributed by atoms with Crippen LogP contribution in [0.2, 0.25) is 0 Å². The summed E-state index contributed by atoms with van der Waals surface area (Å²) in [7, 11) is 0. The highest BCUT2D eigenvalue weighted by Crippen LogP contribution is 2.37. The lowest BCUT2D eigenvalue weighted by Gasteiger charge is -2.05. The number of aryl methyl sites for hydroxylation is 2. The van der Waals surface area contributed by atoms with Crippen molar-refractivity contribution in [3.05, 3.63) is 17.6 Å². The lowest BCUT2D eigenvalue weighted by atomic mass is 10.3. The van der Waals surface area contributed by atoms with Gasteiger partial charge in [-0.25, -0.2) is 4.98 Å². The maximum Gasteiger partial charge on any atom is 0.144 e. The molecule has 0 amide bonds. The van der Waals surface area contributed by atoms with Crippen molar-refractivity contribution in [1.82, 2.24) is 9.97 Å². The Balaban J connectivity index is 1.92. The van der Waals surface area contributed by atoms with Gasteiger partial charge in [0.15, 0.2) is 0 Å². The van der Waals surface area contributed by atoms with E-state index in [1.54, 1.807) is 0 Å². The van der Waals surface area contributed by atoms with E-state index >= 15 is 0 Å². The molecule has 1 N–H and O–H groups in total. The molecule has 14 heavy (non-hydrogen) atoms. The van der Waals surface area contributed by atoms with Crippen LogP contribution in [0.15, 0.2) is 6.20 Å². The van der Waals surface area contributed by atoms with Crippen molar-refractivity contribution >= 4 is 5.82 Å². The van der Waals surface area contributed by atoms with Gasteiger partial charge < -0.3 is 5.32 Å². The van der Waals surface area contributed by atoms with Gasteiger partial charge in [0.05, 0.1) is 17.6 Å². The predicted molar refractivity (Wildman–Crippen MR) is 57.3 cm³/mol. The van der Waals surface area contributed by atoms with Crippen LogP contribution in [-0.2, 0) is 0 Å². The summed E-state index contributed by atoms with van der Waals surface area (Å²) in [4.78, 5) is 8.69. The number of hydrogen-bond donors (Lipinski definition) is 1. The van der Waals surface area contributed by atoms with Crippen LogP contribution in [-0.4, -0.2) is 16.5 Å². The lowest BCUT2D eigenvalue weighted by Crippen LogP contribution is -2.07. The van der Waals surface area contributed by atoms with Crippen LogP contribution >= 0.6 is 0 Å². The van der Waals surface area contributed by atoms with Gasteiger partial charge in [-0.15, -0.1) is 0 Å². The number of rotatable bonds is 3. The highest BCUT2D eigenvalue weighted by molar-refractivity contribution is 5.33. The maximum atomic E-state index is 4.42. The first-order valence-electron chi connectivity index (χ1n) is 5.21. The quantitative estimate of drug-likeness (QED) is 0.795. The zero-order valence-electron chi connectivity index (χ0n) is 9.04. The summed E-state index contributed by atoms with van der Waals surface area (Å²) in [5.41, 5.74) is 2.02. The fourth-order valence-corrected chi connectivity index (χ4v) is 1.55. The third kappa shape index (κ3) is 2.03. The Kier molecular flexibility index (Phi) is 2.40. The van der Waals surface area contributed by atoms with E-state index in [0.717, 1.165) is 35.6 Å². The van der Waals surface area contributed by atoms with Crippen LogP contribution in [0.1, 0.15) is 24.7 Å². The molecule has 3 heteroatoms. The zero-order chi connectivity index (χ0) is 10.1. The second kappa shape index (κ2) is 3.56. The second-order valence-corrected chi connectivity index (χ2v) is 4.28. The Morgan fingerprint density at radius 2 is 2.14 bits per heavy atom. The molecule has 1 aliphatic carbocycles. The molecule has 1 saturated carbocycles. The number of nitrogens with zero attached hydrogens (tertiary/aromatic N) is 2.